The number of aryl methyl sites for hydroxylation is 1. The van der Waals surface area contributed by atoms with Gasteiger partial charge in [0, 0.05) is 54.1 Å². The third-order valence-corrected chi connectivity index (χ3v) is 9.94. The molecule has 3 unspecified atom stereocenters. The fourth-order valence-electron chi connectivity index (χ4n) is 7.00. The maximum absolute atomic E-state index is 13.6. The number of hydrogen-bond donors (Lipinski definition) is 1. The van der Waals surface area contributed by atoms with E-state index in [4.69, 9.17) is 20.4 Å². The molecular formula is C39H57N7O3. The first-order valence-corrected chi connectivity index (χ1v) is 18.2. The Bertz CT molecular complexity index is 1810. The van der Waals surface area contributed by atoms with Crippen LogP contribution >= 0.6 is 0 Å². The molecule has 2 N–H and O–H groups in total. The molecule has 4 aromatic heterocycles. The van der Waals surface area contributed by atoms with Crippen LogP contribution in [-0.4, -0.2) is 72.8 Å². The van der Waals surface area contributed by atoms with Gasteiger partial charge in [-0.25, -0.2) is 9.97 Å². The van der Waals surface area contributed by atoms with Gasteiger partial charge in [0.25, 0.3) is 5.91 Å². The number of carbonyl (C=O) groups is 2. The largest absolute Gasteiger partial charge is 0.482 e. The van der Waals surface area contributed by atoms with Crippen molar-refractivity contribution >= 4 is 28.5 Å². The maximum atomic E-state index is 13.6. The number of likely N-dealkylation sites (tertiary alicyclic amines) is 1. The van der Waals surface area contributed by atoms with Crippen LogP contribution in [0.3, 0.4) is 0 Å². The normalized spacial score (nSPS) is 18.5. The Hall–Kier alpha value is -3.92. The van der Waals surface area contributed by atoms with E-state index in [0.29, 0.717) is 36.1 Å². The molecule has 2 aliphatic rings. The van der Waals surface area contributed by atoms with E-state index in [-0.39, 0.29) is 29.9 Å². The van der Waals surface area contributed by atoms with E-state index in [0.717, 1.165) is 53.2 Å². The first-order valence-electron chi connectivity index (χ1n) is 18.2. The molecule has 49 heavy (non-hydrogen) atoms. The number of methoxy groups -OCH3 is 1. The van der Waals surface area contributed by atoms with Crippen LogP contribution in [0.1, 0.15) is 115 Å². The van der Waals surface area contributed by atoms with Crippen LogP contribution in [-0.2, 0) is 11.3 Å². The molecule has 2 fully saturated rings. The molecule has 0 bridgehead atoms. The molecule has 0 aromatic carbocycles. The average molecular weight is 672 g/mol. The van der Waals surface area contributed by atoms with Crippen molar-refractivity contribution in [1.29, 1.82) is 0 Å². The van der Waals surface area contributed by atoms with E-state index < -0.39 is 5.41 Å². The Morgan fingerprint density at radius 2 is 1.76 bits per heavy atom. The third kappa shape index (κ3) is 7.07. The summed E-state index contributed by atoms with van der Waals surface area (Å²) in [6, 6.07) is 9.89. The SMILES string of the molecule is CCC.CCC(c1ccc2cc(-c3nc4cc(C(=O)N5CCC(N)C5C)cc(OC)n4c3C)n(CC3CC3)c2n1)N(CC)C(=O)C(C)(C)C. The summed E-state index contributed by atoms with van der Waals surface area (Å²) >= 11 is 0. The monoisotopic (exact) mass is 671 g/mol. The van der Waals surface area contributed by atoms with Crippen LogP contribution < -0.4 is 10.5 Å². The van der Waals surface area contributed by atoms with Crippen molar-refractivity contribution < 1.29 is 14.3 Å². The molecule has 10 nitrogen and oxygen atoms in total. The van der Waals surface area contributed by atoms with Gasteiger partial charge in [-0.15, -0.1) is 0 Å². The number of aromatic nitrogens is 4. The summed E-state index contributed by atoms with van der Waals surface area (Å²) < 4.78 is 10.1. The predicted molar refractivity (Wildman–Crippen MR) is 197 cm³/mol. The van der Waals surface area contributed by atoms with Gasteiger partial charge in [-0.05, 0) is 76.6 Å². The first kappa shape index (κ1) is 36.4. The lowest BCUT2D eigenvalue weighted by Crippen LogP contribution is -2.41. The minimum atomic E-state index is -0.474. The van der Waals surface area contributed by atoms with E-state index in [9.17, 15) is 9.59 Å². The number of nitrogens with two attached hydrogens (primary N) is 1. The Morgan fingerprint density at radius 1 is 1.06 bits per heavy atom. The van der Waals surface area contributed by atoms with Gasteiger partial charge < -0.3 is 24.8 Å². The minimum Gasteiger partial charge on any atom is -0.482 e. The Morgan fingerprint density at radius 3 is 2.31 bits per heavy atom. The van der Waals surface area contributed by atoms with Crippen molar-refractivity contribution in [2.45, 2.75) is 119 Å². The summed E-state index contributed by atoms with van der Waals surface area (Å²) in [4.78, 5) is 41.2. The molecule has 266 valence electrons. The van der Waals surface area contributed by atoms with Gasteiger partial charge in [-0.2, -0.15) is 0 Å². The standard InChI is InChI=1S/C36H49N7O3.C3H8/c1-9-28(40(10-2)35(45)36(5,6)7)27-14-13-24-17-29(42(33(24)38-27)20-23-11-12-23)32-22(4)43-30(39-32)18-25(19-31(43)46-8)34(44)41-16-15-26(37)21(41)3;1-3-2/h13-14,17-19,21,23,26,28H,9-12,15-16,20,37H2,1-8H3;3H2,1-2H3. The zero-order valence-electron chi connectivity index (χ0n) is 31.3. The van der Waals surface area contributed by atoms with Crippen molar-refractivity contribution in [3.05, 3.63) is 47.3 Å². The van der Waals surface area contributed by atoms with E-state index in [1.165, 1.54) is 19.3 Å². The molecule has 1 saturated heterocycles. The molecule has 3 atom stereocenters. The lowest BCUT2D eigenvalue weighted by molar-refractivity contribution is -0.142. The molecular weight excluding hydrogens is 614 g/mol. The number of pyridine rings is 2. The Balaban J connectivity index is 0.00000151. The molecule has 1 saturated carbocycles. The second-order valence-electron chi connectivity index (χ2n) is 14.9. The summed E-state index contributed by atoms with van der Waals surface area (Å²) in [5.74, 6) is 1.24. The highest BCUT2D eigenvalue weighted by Gasteiger charge is 2.34. The van der Waals surface area contributed by atoms with Gasteiger partial charge in [-0.3, -0.25) is 14.0 Å². The zero-order valence-corrected chi connectivity index (χ0v) is 31.3. The number of ether oxygens (including phenoxy) is 1. The van der Waals surface area contributed by atoms with Crippen LogP contribution in [0.2, 0.25) is 0 Å². The molecule has 1 aliphatic carbocycles. The van der Waals surface area contributed by atoms with E-state index in [1.807, 2.05) is 61.8 Å². The molecule has 4 aromatic rings. The van der Waals surface area contributed by atoms with Crippen molar-refractivity contribution in [1.82, 2.24) is 28.7 Å². The fraction of sp³-hybridized carbons (Fsp3) is 0.590. The highest BCUT2D eigenvalue weighted by molar-refractivity contribution is 5.96. The van der Waals surface area contributed by atoms with Crippen LogP contribution in [0.5, 0.6) is 5.88 Å². The molecule has 0 spiro atoms. The van der Waals surface area contributed by atoms with Gasteiger partial charge >= 0.3 is 0 Å². The summed E-state index contributed by atoms with van der Waals surface area (Å²) in [5, 5.41) is 1.04. The average Bonchev–Trinajstić information content (AvgIpc) is 3.63. The van der Waals surface area contributed by atoms with Gasteiger partial charge in [0.2, 0.25) is 5.91 Å². The lowest BCUT2D eigenvalue weighted by Gasteiger charge is -2.34. The molecule has 6 rings (SSSR count). The quantitative estimate of drug-likeness (QED) is 0.199. The van der Waals surface area contributed by atoms with Crippen LogP contribution in [0.4, 0.5) is 0 Å². The van der Waals surface area contributed by atoms with Gasteiger partial charge in [-0.1, -0.05) is 48.0 Å². The van der Waals surface area contributed by atoms with E-state index in [2.05, 4.69) is 43.5 Å². The van der Waals surface area contributed by atoms with Gasteiger partial charge in [0.15, 0.2) is 5.88 Å². The topological polar surface area (TPSA) is 111 Å². The van der Waals surface area contributed by atoms with E-state index >= 15 is 0 Å². The number of imidazole rings is 1. The second kappa shape index (κ2) is 14.5. The van der Waals surface area contributed by atoms with Crippen LogP contribution in [0.15, 0.2) is 30.3 Å². The summed E-state index contributed by atoms with van der Waals surface area (Å²) in [6.07, 6.45) is 5.21. The smallest absolute Gasteiger partial charge is 0.254 e. The highest BCUT2D eigenvalue weighted by Crippen LogP contribution is 2.38. The summed E-state index contributed by atoms with van der Waals surface area (Å²) in [7, 11) is 1.63. The van der Waals surface area contributed by atoms with E-state index in [1.54, 1.807) is 13.2 Å². The van der Waals surface area contributed by atoms with Crippen LogP contribution in [0, 0.1) is 18.3 Å². The lowest BCUT2D eigenvalue weighted by atomic mass is 9.93. The number of amides is 2. The van der Waals surface area contributed by atoms with Crippen molar-refractivity contribution in [2.24, 2.45) is 17.1 Å². The Labute approximate surface area is 292 Å². The van der Waals surface area contributed by atoms with Crippen molar-refractivity contribution in [2.75, 3.05) is 20.2 Å². The van der Waals surface area contributed by atoms with Gasteiger partial charge in [0.05, 0.1) is 30.2 Å². The van der Waals surface area contributed by atoms with Crippen molar-refractivity contribution in [3.63, 3.8) is 0 Å². The Kier molecular flexibility index (Phi) is 10.8. The summed E-state index contributed by atoms with van der Waals surface area (Å²) in [5.41, 5.74) is 11.5. The number of carbonyl (C=O) groups excluding carboxylic acids is 2. The maximum Gasteiger partial charge on any atom is 0.254 e. The number of fused-ring (bicyclic) bond motifs is 2. The predicted octanol–water partition coefficient (Wildman–Crippen LogP) is 7.40. The molecule has 5 heterocycles. The fourth-order valence-corrected chi connectivity index (χ4v) is 7.00. The first-order chi connectivity index (χ1) is 23.3. The molecule has 1 aliphatic heterocycles. The number of hydrogen-bond acceptors (Lipinski definition) is 6. The second-order valence-corrected chi connectivity index (χ2v) is 14.9. The minimum absolute atomic E-state index is 0.0195. The molecule has 10 heteroatoms. The molecule has 2 amide bonds. The number of nitrogens with zero attached hydrogens (tertiary/aromatic N) is 6. The highest BCUT2D eigenvalue weighted by atomic mass is 16.5. The van der Waals surface area contributed by atoms with Crippen molar-refractivity contribution in [3.8, 4) is 17.3 Å². The summed E-state index contributed by atoms with van der Waals surface area (Å²) in [6.45, 7) is 20.5. The van der Waals surface area contributed by atoms with Crippen LogP contribution in [0.25, 0.3) is 28.1 Å². The third-order valence-electron chi connectivity index (χ3n) is 9.94. The molecule has 0 radical (unpaired) electrons. The van der Waals surface area contributed by atoms with Gasteiger partial charge in [0.1, 0.15) is 17.0 Å². The number of rotatable bonds is 9. The zero-order chi connectivity index (χ0) is 35.8.